The van der Waals surface area contributed by atoms with Crippen molar-refractivity contribution >= 4 is 46.5 Å². The van der Waals surface area contributed by atoms with E-state index in [-0.39, 0.29) is 6.42 Å². The van der Waals surface area contributed by atoms with Crippen molar-refractivity contribution in [2.75, 3.05) is 6.61 Å². The minimum Gasteiger partial charge on any atom is -0.481 e. The highest BCUT2D eigenvalue weighted by atomic mass is 16.4. The second-order valence-corrected chi connectivity index (χ2v) is 8.14. The van der Waals surface area contributed by atoms with Crippen molar-refractivity contribution < 1.29 is 44.1 Å². The Morgan fingerprint density at radius 1 is 0.865 bits per heavy atom. The molecule has 200 valence electrons. The Morgan fingerprint density at radius 2 is 1.46 bits per heavy atom. The van der Waals surface area contributed by atoms with E-state index in [1.54, 1.807) is 30.5 Å². The number of carboxylic acids is 2. The summed E-state index contributed by atoms with van der Waals surface area (Å²) in [4.78, 5) is 74.3. The molecular weight excluding hydrogens is 492 g/mol. The van der Waals surface area contributed by atoms with Gasteiger partial charge in [0, 0.05) is 23.5 Å². The average molecular weight is 520 g/mol. The van der Waals surface area contributed by atoms with E-state index in [4.69, 9.17) is 16.6 Å². The highest BCUT2D eigenvalue weighted by Gasteiger charge is 2.31. The van der Waals surface area contributed by atoms with Gasteiger partial charge >= 0.3 is 11.9 Å². The summed E-state index contributed by atoms with van der Waals surface area (Å²) in [5.41, 5.74) is 11.9. The van der Waals surface area contributed by atoms with E-state index in [0.717, 1.165) is 10.9 Å². The van der Waals surface area contributed by atoms with Crippen LogP contribution in [0, 0.1) is 0 Å². The van der Waals surface area contributed by atoms with Gasteiger partial charge in [-0.1, -0.05) is 18.2 Å². The van der Waals surface area contributed by atoms with Crippen LogP contribution in [0.3, 0.4) is 0 Å². The van der Waals surface area contributed by atoms with Gasteiger partial charge in [0.05, 0.1) is 25.5 Å². The maximum absolute atomic E-state index is 12.7. The molecule has 0 radical (unpaired) electrons. The largest absolute Gasteiger partial charge is 0.481 e. The number of H-pyrrole nitrogens is 1. The minimum absolute atomic E-state index is 0.112. The van der Waals surface area contributed by atoms with Crippen LogP contribution in [0.5, 0.6) is 0 Å². The standard InChI is InChI=1S/C22H28N6O9/c23-12(6-18(31)32)19(33)26-14(7-17(24)30)20(34)28-16(9-29)21(35)27-15(22(36)37)5-10-8-25-13-4-2-1-3-11(10)13/h1-4,8,12,14-16,25,29H,5-7,9,23H2,(H2,24,30)(H,26,33)(H,27,35)(H,28,34)(H,31,32)(H,36,37). The molecule has 0 saturated heterocycles. The molecule has 37 heavy (non-hydrogen) atoms. The summed E-state index contributed by atoms with van der Waals surface area (Å²) in [6.07, 6.45) is 0.00408. The lowest BCUT2D eigenvalue weighted by molar-refractivity contribution is -0.142. The Bertz CT molecular complexity index is 1180. The van der Waals surface area contributed by atoms with Gasteiger partial charge < -0.3 is 47.7 Å². The van der Waals surface area contributed by atoms with Crippen molar-refractivity contribution in [3.05, 3.63) is 36.0 Å². The zero-order valence-corrected chi connectivity index (χ0v) is 19.5. The van der Waals surface area contributed by atoms with E-state index in [1.807, 2.05) is 0 Å². The van der Waals surface area contributed by atoms with Crippen LogP contribution >= 0.6 is 0 Å². The fourth-order valence-corrected chi connectivity index (χ4v) is 3.43. The quantitative estimate of drug-likeness (QED) is 0.121. The molecule has 4 amide bonds. The summed E-state index contributed by atoms with van der Waals surface area (Å²) < 4.78 is 0. The van der Waals surface area contributed by atoms with Crippen LogP contribution in [-0.2, 0) is 35.2 Å². The van der Waals surface area contributed by atoms with Crippen molar-refractivity contribution in [3.8, 4) is 0 Å². The molecule has 2 aromatic rings. The number of aliphatic hydroxyl groups is 1. The number of amides is 4. The average Bonchev–Trinajstić information content (AvgIpc) is 3.23. The molecule has 1 heterocycles. The number of rotatable bonds is 14. The van der Waals surface area contributed by atoms with E-state index in [1.165, 1.54) is 0 Å². The number of benzene rings is 1. The Kier molecular flexibility index (Phi) is 10.1. The molecule has 11 N–H and O–H groups in total. The molecule has 0 aliphatic carbocycles. The number of carboxylic acid groups (broad SMARTS) is 2. The number of nitrogens with two attached hydrogens (primary N) is 2. The Labute approximate surface area is 209 Å². The molecule has 1 aromatic heterocycles. The summed E-state index contributed by atoms with van der Waals surface area (Å²) in [5, 5.41) is 35.2. The predicted molar refractivity (Wildman–Crippen MR) is 127 cm³/mol. The maximum Gasteiger partial charge on any atom is 0.326 e. The first-order valence-corrected chi connectivity index (χ1v) is 11.0. The molecule has 4 unspecified atom stereocenters. The van der Waals surface area contributed by atoms with Gasteiger partial charge in [0.25, 0.3) is 0 Å². The number of primary amides is 1. The van der Waals surface area contributed by atoms with Gasteiger partial charge in [0.15, 0.2) is 0 Å². The van der Waals surface area contributed by atoms with Crippen LogP contribution in [-0.4, -0.2) is 86.6 Å². The van der Waals surface area contributed by atoms with Crippen LogP contribution < -0.4 is 27.4 Å². The number of hydrogen-bond acceptors (Lipinski definition) is 8. The summed E-state index contributed by atoms with van der Waals surface area (Å²) in [6.45, 7) is -0.952. The highest BCUT2D eigenvalue weighted by molar-refractivity contribution is 5.96. The van der Waals surface area contributed by atoms with Crippen LogP contribution in [0.1, 0.15) is 18.4 Å². The third-order valence-corrected chi connectivity index (χ3v) is 5.30. The van der Waals surface area contributed by atoms with Crippen LogP contribution in [0.2, 0.25) is 0 Å². The number of fused-ring (bicyclic) bond motifs is 1. The molecule has 0 aliphatic heterocycles. The molecule has 0 fully saturated rings. The lowest BCUT2D eigenvalue weighted by atomic mass is 10.0. The van der Waals surface area contributed by atoms with Crippen molar-refractivity contribution in [2.24, 2.45) is 11.5 Å². The van der Waals surface area contributed by atoms with E-state index >= 15 is 0 Å². The molecule has 4 atom stereocenters. The minimum atomic E-state index is -1.66. The van der Waals surface area contributed by atoms with Crippen LogP contribution in [0.25, 0.3) is 10.9 Å². The number of hydrogen-bond donors (Lipinski definition) is 9. The number of aliphatic hydroxyl groups excluding tert-OH is 1. The molecule has 1 aromatic carbocycles. The summed E-state index contributed by atoms with van der Waals surface area (Å²) in [5.74, 6) is -6.99. The molecule has 0 aliphatic rings. The third-order valence-electron chi connectivity index (χ3n) is 5.30. The highest BCUT2D eigenvalue weighted by Crippen LogP contribution is 2.19. The van der Waals surface area contributed by atoms with Gasteiger partial charge in [0.1, 0.15) is 18.1 Å². The summed E-state index contributed by atoms with van der Waals surface area (Å²) in [6, 6.07) is 0.855. The van der Waals surface area contributed by atoms with E-state index < -0.39 is 79.2 Å². The number of carbonyl (C=O) groups excluding carboxylic acids is 4. The van der Waals surface area contributed by atoms with E-state index in [0.29, 0.717) is 5.56 Å². The Balaban J connectivity index is 2.10. The summed E-state index contributed by atoms with van der Waals surface area (Å²) in [7, 11) is 0. The SMILES string of the molecule is NC(=O)CC(NC(=O)C(N)CC(=O)O)C(=O)NC(CO)C(=O)NC(Cc1c[nH]c2ccccc12)C(=O)O. The second-order valence-electron chi connectivity index (χ2n) is 8.14. The number of aliphatic carboxylic acids is 2. The van der Waals surface area contributed by atoms with Gasteiger partial charge in [-0.2, -0.15) is 0 Å². The van der Waals surface area contributed by atoms with Gasteiger partial charge in [-0.15, -0.1) is 0 Å². The predicted octanol–water partition coefficient (Wildman–Crippen LogP) is -3.08. The molecule has 2 rings (SSSR count). The first kappa shape index (κ1) is 28.7. The number of para-hydroxylation sites is 1. The zero-order chi connectivity index (χ0) is 27.7. The van der Waals surface area contributed by atoms with Crippen LogP contribution in [0.15, 0.2) is 30.5 Å². The maximum atomic E-state index is 12.7. The van der Waals surface area contributed by atoms with Crippen molar-refractivity contribution in [1.82, 2.24) is 20.9 Å². The van der Waals surface area contributed by atoms with Gasteiger partial charge in [-0.25, -0.2) is 4.79 Å². The van der Waals surface area contributed by atoms with Crippen molar-refractivity contribution in [2.45, 2.75) is 43.4 Å². The number of carbonyl (C=O) groups is 6. The van der Waals surface area contributed by atoms with Gasteiger partial charge in [0.2, 0.25) is 23.6 Å². The topological polar surface area (TPSA) is 267 Å². The number of aromatic nitrogens is 1. The molecular formula is C22H28N6O9. The van der Waals surface area contributed by atoms with Crippen molar-refractivity contribution in [3.63, 3.8) is 0 Å². The Morgan fingerprint density at radius 3 is 2.05 bits per heavy atom. The first-order valence-electron chi connectivity index (χ1n) is 11.0. The molecule has 15 heteroatoms. The fraction of sp³-hybridized carbons (Fsp3) is 0.364. The monoisotopic (exact) mass is 520 g/mol. The smallest absolute Gasteiger partial charge is 0.326 e. The van der Waals surface area contributed by atoms with E-state index in [9.17, 15) is 39.0 Å². The van der Waals surface area contributed by atoms with Gasteiger partial charge in [-0.3, -0.25) is 24.0 Å². The lowest BCUT2D eigenvalue weighted by Crippen LogP contribution is -2.58. The molecule has 0 saturated carbocycles. The number of nitrogens with one attached hydrogen (secondary N) is 4. The third kappa shape index (κ3) is 8.29. The van der Waals surface area contributed by atoms with Crippen molar-refractivity contribution in [1.29, 1.82) is 0 Å². The number of aromatic amines is 1. The first-order chi connectivity index (χ1) is 17.4. The fourth-order valence-electron chi connectivity index (χ4n) is 3.43. The molecule has 0 spiro atoms. The van der Waals surface area contributed by atoms with Gasteiger partial charge in [-0.05, 0) is 11.6 Å². The Hall–Kier alpha value is -4.50. The molecule has 0 bridgehead atoms. The normalized spacial score (nSPS) is 14.1. The summed E-state index contributed by atoms with van der Waals surface area (Å²) >= 11 is 0. The second kappa shape index (κ2) is 13.0. The zero-order valence-electron chi connectivity index (χ0n) is 19.5. The van der Waals surface area contributed by atoms with Crippen LogP contribution in [0.4, 0.5) is 0 Å². The molecule has 15 nitrogen and oxygen atoms in total. The van der Waals surface area contributed by atoms with E-state index in [2.05, 4.69) is 20.9 Å². The lowest BCUT2D eigenvalue weighted by Gasteiger charge is -2.23.